The Morgan fingerprint density at radius 3 is 3.07 bits per heavy atom. The zero-order valence-corrected chi connectivity index (χ0v) is 9.56. The molecular formula is C8H8N4OS2. The molecule has 15 heavy (non-hydrogen) atoms. The smallest absolute Gasteiger partial charge is 0.174 e. The summed E-state index contributed by atoms with van der Waals surface area (Å²) in [6, 6.07) is 1.81. The Morgan fingerprint density at radius 1 is 1.87 bits per heavy atom. The summed E-state index contributed by atoms with van der Waals surface area (Å²) >= 11 is 2.59. The number of thioether (sulfide) groups is 1. The molecule has 0 bridgehead atoms. The Labute approximate surface area is 95.0 Å². The first kappa shape index (κ1) is 11.8. The summed E-state index contributed by atoms with van der Waals surface area (Å²) in [5.41, 5.74) is 1.66. The highest BCUT2D eigenvalue weighted by Gasteiger charge is 2.20. The molecule has 1 aromatic rings. The minimum atomic E-state index is -0.926. The number of nitrogens with one attached hydrogen (secondary N) is 1. The summed E-state index contributed by atoms with van der Waals surface area (Å²) in [6.07, 6.45) is 0. The first-order valence-electron chi connectivity index (χ1n) is 4.01. The van der Waals surface area contributed by atoms with Gasteiger partial charge >= 0.3 is 0 Å². The van der Waals surface area contributed by atoms with E-state index in [9.17, 15) is 4.79 Å². The maximum absolute atomic E-state index is 11.5. The normalized spacial score (nSPS) is 11.7. The third-order valence-electron chi connectivity index (χ3n) is 1.56. The average molecular weight is 240 g/mol. The second kappa shape index (κ2) is 5.58. The van der Waals surface area contributed by atoms with E-state index in [-0.39, 0.29) is 17.2 Å². The second-order valence-corrected chi connectivity index (χ2v) is 4.76. The summed E-state index contributed by atoms with van der Waals surface area (Å²) in [5, 5.41) is 23.3. The first-order valence-corrected chi connectivity index (χ1v) is 5.88. The van der Waals surface area contributed by atoms with Gasteiger partial charge in [-0.2, -0.15) is 5.26 Å². The molecule has 1 atom stereocenters. The van der Waals surface area contributed by atoms with Crippen LogP contribution in [-0.4, -0.2) is 27.4 Å². The van der Waals surface area contributed by atoms with Gasteiger partial charge in [0.05, 0.1) is 11.8 Å². The minimum Gasteiger partial charge on any atom is -0.308 e. The van der Waals surface area contributed by atoms with Crippen molar-refractivity contribution in [1.29, 1.82) is 10.7 Å². The van der Waals surface area contributed by atoms with E-state index < -0.39 is 5.92 Å². The van der Waals surface area contributed by atoms with Crippen LogP contribution in [0.25, 0.3) is 0 Å². The lowest BCUT2D eigenvalue weighted by Gasteiger charge is -2.03. The number of hydrogen-bond acceptors (Lipinski definition) is 7. The van der Waals surface area contributed by atoms with Gasteiger partial charge in [-0.05, 0) is 6.92 Å². The Bertz CT molecular complexity index is 395. The standard InChI is InChI=1S/C8H8N4OS2/c1-5(10)6(2-9)7(13)3-14-8-12-11-4-15-8/h4,6,10H,3H2,1H3. The fourth-order valence-corrected chi connectivity index (χ4v) is 2.25. The summed E-state index contributed by atoms with van der Waals surface area (Å²) < 4.78 is 0.697. The van der Waals surface area contributed by atoms with Crippen LogP contribution in [0.1, 0.15) is 6.92 Å². The third kappa shape index (κ3) is 3.42. The number of nitriles is 1. The fraction of sp³-hybridized carbons (Fsp3) is 0.375. The summed E-state index contributed by atoms with van der Waals surface area (Å²) in [7, 11) is 0. The van der Waals surface area contributed by atoms with Crippen LogP contribution in [-0.2, 0) is 4.79 Å². The van der Waals surface area contributed by atoms with Crippen LogP contribution in [0.15, 0.2) is 9.85 Å². The number of carbonyl (C=O) groups is 1. The number of aromatic nitrogens is 2. The van der Waals surface area contributed by atoms with Crippen molar-refractivity contribution in [2.75, 3.05) is 5.75 Å². The molecule has 0 saturated carbocycles. The Balaban J connectivity index is 2.49. The Hall–Kier alpha value is -1.26. The molecule has 0 aliphatic carbocycles. The van der Waals surface area contributed by atoms with Gasteiger partial charge in [-0.1, -0.05) is 23.1 Å². The van der Waals surface area contributed by atoms with Crippen LogP contribution in [0.3, 0.4) is 0 Å². The van der Waals surface area contributed by atoms with Crippen molar-refractivity contribution >= 4 is 34.6 Å². The SMILES string of the molecule is CC(=N)C(C#N)C(=O)CSc1nncs1. The van der Waals surface area contributed by atoms with E-state index in [1.807, 2.05) is 6.07 Å². The Kier molecular flexibility index (Phi) is 4.39. The topological polar surface area (TPSA) is 90.5 Å². The molecule has 1 N–H and O–H groups in total. The largest absolute Gasteiger partial charge is 0.308 e. The van der Waals surface area contributed by atoms with E-state index in [2.05, 4.69) is 10.2 Å². The predicted octanol–water partition coefficient (Wildman–Crippen LogP) is 1.38. The van der Waals surface area contributed by atoms with Gasteiger partial charge in [0.1, 0.15) is 11.4 Å². The predicted molar refractivity (Wildman–Crippen MR) is 58.1 cm³/mol. The van der Waals surface area contributed by atoms with Gasteiger partial charge in [-0.25, -0.2) is 0 Å². The van der Waals surface area contributed by atoms with Crippen LogP contribution in [0, 0.1) is 22.7 Å². The van der Waals surface area contributed by atoms with Crippen LogP contribution in [0.2, 0.25) is 0 Å². The monoisotopic (exact) mass is 240 g/mol. The molecule has 0 saturated heterocycles. The van der Waals surface area contributed by atoms with Gasteiger partial charge in [0, 0.05) is 5.71 Å². The van der Waals surface area contributed by atoms with Gasteiger partial charge < -0.3 is 5.41 Å². The van der Waals surface area contributed by atoms with Gasteiger partial charge in [-0.3, -0.25) is 4.79 Å². The summed E-state index contributed by atoms with van der Waals surface area (Å²) in [4.78, 5) is 11.5. The maximum Gasteiger partial charge on any atom is 0.174 e. The van der Waals surface area contributed by atoms with Crippen molar-refractivity contribution < 1.29 is 4.79 Å². The van der Waals surface area contributed by atoms with E-state index in [4.69, 9.17) is 10.7 Å². The average Bonchev–Trinajstić information content (AvgIpc) is 2.67. The number of ketones is 1. The highest BCUT2D eigenvalue weighted by Crippen LogP contribution is 2.20. The van der Waals surface area contributed by atoms with Crippen LogP contribution in [0.4, 0.5) is 0 Å². The Morgan fingerprint density at radius 2 is 2.60 bits per heavy atom. The third-order valence-corrected chi connectivity index (χ3v) is 3.44. The van der Waals surface area contributed by atoms with E-state index >= 15 is 0 Å². The molecule has 5 nitrogen and oxygen atoms in total. The molecule has 0 amide bonds. The highest BCUT2D eigenvalue weighted by molar-refractivity contribution is 8.01. The number of rotatable bonds is 5. The second-order valence-electron chi connectivity index (χ2n) is 2.70. The van der Waals surface area contributed by atoms with Crippen molar-refractivity contribution in [2.45, 2.75) is 11.3 Å². The first-order chi connectivity index (χ1) is 7.15. The number of nitrogens with zero attached hydrogens (tertiary/aromatic N) is 3. The lowest BCUT2D eigenvalue weighted by Crippen LogP contribution is -2.21. The van der Waals surface area contributed by atoms with E-state index in [1.165, 1.54) is 30.0 Å². The van der Waals surface area contributed by atoms with E-state index in [0.29, 0.717) is 4.34 Å². The van der Waals surface area contributed by atoms with Gasteiger partial charge in [0.25, 0.3) is 0 Å². The molecule has 0 aliphatic heterocycles. The molecule has 0 fully saturated rings. The number of hydrogen-bond donors (Lipinski definition) is 1. The molecular weight excluding hydrogens is 232 g/mol. The van der Waals surface area contributed by atoms with Gasteiger partial charge in [-0.15, -0.1) is 10.2 Å². The fourth-order valence-electron chi connectivity index (χ4n) is 0.852. The molecule has 7 heteroatoms. The van der Waals surface area contributed by atoms with Crippen molar-refractivity contribution in [3.8, 4) is 6.07 Å². The molecule has 78 valence electrons. The zero-order chi connectivity index (χ0) is 11.3. The number of Topliss-reactive ketones (excluding diaryl/α,β-unsaturated/α-hetero) is 1. The summed E-state index contributed by atoms with van der Waals surface area (Å²) in [5.74, 6) is -1.03. The molecule has 1 rings (SSSR count). The number of carbonyl (C=O) groups excluding carboxylic acids is 1. The molecule has 1 heterocycles. The van der Waals surface area contributed by atoms with Gasteiger partial charge in [0.2, 0.25) is 0 Å². The molecule has 0 spiro atoms. The summed E-state index contributed by atoms with van der Waals surface area (Å²) in [6.45, 7) is 1.46. The van der Waals surface area contributed by atoms with Crippen molar-refractivity contribution in [2.24, 2.45) is 5.92 Å². The molecule has 0 radical (unpaired) electrons. The minimum absolute atomic E-state index is 0.0837. The molecule has 0 aromatic carbocycles. The van der Waals surface area contributed by atoms with Crippen LogP contribution < -0.4 is 0 Å². The molecule has 1 unspecified atom stereocenters. The lowest BCUT2D eigenvalue weighted by molar-refractivity contribution is -0.117. The van der Waals surface area contributed by atoms with E-state index in [0.717, 1.165) is 0 Å². The zero-order valence-electron chi connectivity index (χ0n) is 7.93. The quantitative estimate of drug-likeness (QED) is 0.620. The highest BCUT2D eigenvalue weighted by atomic mass is 32.2. The molecule has 0 aliphatic rings. The van der Waals surface area contributed by atoms with Crippen LogP contribution in [0.5, 0.6) is 0 Å². The lowest BCUT2D eigenvalue weighted by atomic mass is 10.0. The van der Waals surface area contributed by atoms with Crippen molar-refractivity contribution in [3.05, 3.63) is 5.51 Å². The van der Waals surface area contributed by atoms with E-state index in [1.54, 1.807) is 5.51 Å². The maximum atomic E-state index is 11.5. The van der Waals surface area contributed by atoms with Gasteiger partial charge in [0.15, 0.2) is 10.1 Å². The van der Waals surface area contributed by atoms with Crippen molar-refractivity contribution in [1.82, 2.24) is 10.2 Å². The molecule has 1 aromatic heterocycles. The van der Waals surface area contributed by atoms with Crippen LogP contribution >= 0.6 is 23.1 Å². The van der Waals surface area contributed by atoms with Crippen molar-refractivity contribution in [3.63, 3.8) is 0 Å².